The third-order valence-electron chi connectivity index (χ3n) is 8.40. The minimum atomic E-state index is -2.66. The highest BCUT2D eigenvalue weighted by Crippen LogP contribution is 2.53. The summed E-state index contributed by atoms with van der Waals surface area (Å²) in [5, 5.41) is 45.1. The number of aliphatic hydroxyl groups excluding tert-OH is 2. The van der Waals surface area contributed by atoms with Crippen LogP contribution in [0, 0.1) is 11.8 Å². The number of benzene rings is 2. The van der Waals surface area contributed by atoms with Gasteiger partial charge in [-0.1, -0.05) is 30.3 Å². The number of likely N-dealkylation sites (N-methyl/N-ethyl adjacent to an activating group) is 1. The summed E-state index contributed by atoms with van der Waals surface area (Å²) in [6.07, 6.45) is 0.273. The van der Waals surface area contributed by atoms with E-state index >= 15 is 0 Å². The van der Waals surface area contributed by atoms with Crippen molar-refractivity contribution in [3.8, 4) is 16.9 Å². The number of nitrogens with two attached hydrogens (primary N) is 1. The molecule has 3 aliphatic rings. The summed E-state index contributed by atoms with van der Waals surface area (Å²) >= 11 is 0. The average molecular weight is 548 g/mol. The number of aliphatic hydroxyl groups is 3. The van der Waals surface area contributed by atoms with Gasteiger partial charge in [-0.15, -0.1) is 0 Å². The second-order valence-corrected chi connectivity index (χ2v) is 11.3. The summed E-state index contributed by atoms with van der Waals surface area (Å²) < 4.78 is 0. The van der Waals surface area contributed by atoms with Crippen molar-refractivity contribution < 1.29 is 34.8 Å². The van der Waals surface area contributed by atoms with Crippen LogP contribution in [0.2, 0.25) is 0 Å². The molecule has 0 aromatic heterocycles. The van der Waals surface area contributed by atoms with Crippen molar-refractivity contribution in [2.24, 2.45) is 17.6 Å². The number of phenolic OH excluding ortho intramolecular Hbond substituents is 1. The lowest BCUT2D eigenvalue weighted by Crippen LogP contribution is -2.65. The van der Waals surface area contributed by atoms with Crippen molar-refractivity contribution in [1.82, 2.24) is 9.80 Å². The van der Waals surface area contributed by atoms with Gasteiger partial charge in [-0.05, 0) is 75.3 Å². The summed E-state index contributed by atoms with van der Waals surface area (Å²) in [4.78, 5) is 42.9. The van der Waals surface area contributed by atoms with Crippen molar-refractivity contribution in [1.29, 1.82) is 0 Å². The lowest BCUT2D eigenvalue weighted by atomic mass is 9.57. The van der Waals surface area contributed by atoms with Crippen molar-refractivity contribution in [2.75, 3.05) is 28.2 Å². The molecule has 5 rings (SSSR count). The Hall–Kier alpha value is -3.99. The first-order valence-electron chi connectivity index (χ1n) is 13.0. The fourth-order valence-corrected chi connectivity index (χ4v) is 6.76. The largest absolute Gasteiger partial charge is 0.508 e. The van der Waals surface area contributed by atoms with Gasteiger partial charge < -0.3 is 31.1 Å². The molecular formula is C30H33N3O7. The van der Waals surface area contributed by atoms with Crippen molar-refractivity contribution in [3.63, 3.8) is 0 Å². The number of primary amides is 1. The fraction of sp³-hybridized carbons (Fsp3) is 0.367. The number of rotatable bonds is 5. The first-order chi connectivity index (χ1) is 18.8. The van der Waals surface area contributed by atoms with Gasteiger partial charge in [0, 0.05) is 18.0 Å². The van der Waals surface area contributed by atoms with Gasteiger partial charge in [0.05, 0.1) is 11.6 Å². The van der Waals surface area contributed by atoms with Crippen molar-refractivity contribution in [2.45, 2.75) is 31.0 Å². The molecule has 40 heavy (non-hydrogen) atoms. The van der Waals surface area contributed by atoms with Crippen LogP contribution >= 0.6 is 0 Å². The molecule has 1 amide bonds. The molecule has 3 aliphatic carbocycles. The van der Waals surface area contributed by atoms with Gasteiger partial charge in [-0.2, -0.15) is 0 Å². The van der Waals surface area contributed by atoms with Crippen LogP contribution in [0.1, 0.15) is 23.1 Å². The number of carbonyl (C=O) groups is 3. The summed E-state index contributed by atoms with van der Waals surface area (Å²) in [5.74, 6) is -6.65. The van der Waals surface area contributed by atoms with E-state index in [1.165, 1.54) is 11.0 Å². The van der Waals surface area contributed by atoms with Crippen LogP contribution in [-0.4, -0.2) is 87.5 Å². The Labute approximate surface area is 231 Å². The van der Waals surface area contributed by atoms with Gasteiger partial charge in [-0.3, -0.25) is 19.3 Å². The van der Waals surface area contributed by atoms with Crippen LogP contribution in [0.15, 0.2) is 53.3 Å². The molecule has 6 N–H and O–H groups in total. The van der Waals surface area contributed by atoms with E-state index in [9.17, 15) is 34.8 Å². The monoisotopic (exact) mass is 547 g/mol. The van der Waals surface area contributed by atoms with E-state index < -0.39 is 58.0 Å². The predicted octanol–water partition coefficient (Wildman–Crippen LogP) is 1.69. The highest BCUT2D eigenvalue weighted by molar-refractivity contribution is 6.24. The van der Waals surface area contributed by atoms with Gasteiger partial charge in [0.1, 0.15) is 22.8 Å². The van der Waals surface area contributed by atoms with E-state index in [4.69, 9.17) is 5.73 Å². The molecule has 1 fully saturated rings. The Kier molecular flexibility index (Phi) is 6.60. The van der Waals surface area contributed by atoms with Gasteiger partial charge in [-0.25, -0.2) is 0 Å². The van der Waals surface area contributed by atoms with Crippen LogP contribution in [0.3, 0.4) is 0 Å². The number of hydrogen-bond acceptors (Lipinski definition) is 9. The molecule has 10 heteroatoms. The third-order valence-corrected chi connectivity index (χ3v) is 8.40. The number of carbonyl (C=O) groups excluding carboxylic acids is 3. The second kappa shape index (κ2) is 9.58. The van der Waals surface area contributed by atoms with Crippen molar-refractivity contribution in [3.05, 3.63) is 70.0 Å². The number of fused-ring (bicyclic) bond motifs is 3. The zero-order valence-electron chi connectivity index (χ0n) is 22.8. The minimum absolute atomic E-state index is 0.0419. The quantitative estimate of drug-likeness (QED) is 0.350. The Bertz CT molecular complexity index is 1520. The highest BCUT2D eigenvalue weighted by Gasteiger charge is 2.64. The second-order valence-electron chi connectivity index (χ2n) is 11.3. The number of ketones is 2. The summed E-state index contributed by atoms with van der Waals surface area (Å²) in [7, 11) is 7.06. The van der Waals surface area contributed by atoms with Crippen LogP contribution in [0.25, 0.3) is 16.9 Å². The van der Waals surface area contributed by atoms with Gasteiger partial charge in [0.25, 0.3) is 5.91 Å². The predicted molar refractivity (Wildman–Crippen MR) is 147 cm³/mol. The molecule has 0 spiro atoms. The molecule has 1 saturated carbocycles. The molecule has 210 valence electrons. The lowest BCUT2D eigenvalue weighted by Gasteiger charge is -2.50. The molecule has 0 aliphatic heterocycles. The Morgan fingerprint density at radius 2 is 1.70 bits per heavy atom. The molecule has 0 radical (unpaired) electrons. The van der Waals surface area contributed by atoms with Crippen LogP contribution in [0.4, 0.5) is 0 Å². The maximum absolute atomic E-state index is 14.0. The standard InChI is InChI=1S/C30H33N3O7/c1-32(2)13-14-7-5-6-8-16(14)17-9-10-20(34)22-18(17)11-15-12-19-24(33(3)4)26(36)23(29(31)39)28(38)30(19,40)27(37)21(15)25(22)35/h5-10,15,19,24,34-35,38,40H,11-13H2,1-4H3,(H2,31,39)/t15-,19-,24-,30-/m0/s1. The highest BCUT2D eigenvalue weighted by atomic mass is 16.3. The molecule has 2 aromatic rings. The maximum atomic E-state index is 14.0. The molecular weight excluding hydrogens is 514 g/mol. The van der Waals surface area contributed by atoms with Crippen LogP contribution < -0.4 is 5.73 Å². The van der Waals surface area contributed by atoms with E-state index in [1.807, 2.05) is 43.3 Å². The molecule has 0 bridgehead atoms. The number of nitrogens with zero attached hydrogens (tertiary/aromatic N) is 2. The van der Waals surface area contributed by atoms with Crippen LogP contribution in [-0.2, 0) is 27.3 Å². The number of phenols is 1. The summed E-state index contributed by atoms with van der Waals surface area (Å²) in [5.41, 5.74) is 5.16. The first-order valence-corrected chi connectivity index (χ1v) is 13.0. The smallest absolute Gasteiger partial charge is 0.255 e. The van der Waals surface area contributed by atoms with Crippen molar-refractivity contribution >= 4 is 23.2 Å². The normalized spacial score (nSPS) is 26.2. The molecule has 2 aromatic carbocycles. The average Bonchev–Trinajstić information content (AvgIpc) is 2.86. The molecule has 0 unspecified atom stereocenters. The van der Waals surface area contributed by atoms with E-state index in [-0.39, 0.29) is 29.7 Å². The SMILES string of the molecule is CN(C)Cc1ccccc1-c1ccc(O)c2c1C[C@H]1C[C@H]3[C@H](N(C)C)C(=O)C(C(N)=O)=C(O)[C@@]3(O)C(=O)C1=C2O. The zero-order chi connectivity index (χ0) is 29.3. The minimum Gasteiger partial charge on any atom is -0.508 e. The maximum Gasteiger partial charge on any atom is 0.255 e. The topological polar surface area (TPSA) is 165 Å². The molecule has 0 saturated heterocycles. The van der Waals surface area contributed by atoms with Gasteiger partial charge in [0.15, 0.2) is 11.4 Å². The van der Waals surface area contributed by atoms with E-state index in [1.54, 1.807) is 20.2 Å². The Balaban J connectivity index is 1.73. The lowest BCUT2D eigenvalue weighted by molar-refractivity contribution is -0.153. The van der Waals surface area contributed by atoms with E-state index in [0.717, 1.165) is 16.7 Å². The fourth-order valence-electron chi connectivity index (χ4n) is 6.76. The number of hydrogen-bond donors (Lipinski definition) is 5. The Morgan fingerprint density at radius 3 is 2.33 bits per heavy atom. The van der Waals surface area contributed by atoms with Gasteiger partial charge >= 0.3 is 0 Å². The third kappa shape index (κ3) is 3.86. The van der Waals surface area contributed by atoms with Gasteiger partial charge in [0.2, 0.25) is 5.78 Å². The number of aromatic hydroxyl groups is 1. The first kappa shape index (κ1) is 27.6. The summed E-state index contributed by atoms with van der Waals surface area (Å²) in [6.45, 7) is 0.649. The summed E-state index contributed by atoms with van der Waals surface area (Å²) in [6, 6.07) is 9.92. The Morgan fingerprint density at radius 1 is 1.02 bits per heavy atom. The molecule has 4 atom stereocenters. The molecule has 0 heterocycles. The number of Topliss-reactive ketones (excluding diaryl/α,β-unsaturated/α-hetero) is 2. The van der Waals surface area contributed by atoms with E-state index in [2.05, 4.69) is 0 Å². The zero-order valence-corrected chi connectivity index (χ0v) is 22.8. The molecule has 10 nitrogen and oxygen atoms in total. The van der Waals surface area contributed by atoms with E-state index in [0.29, 0.717) is 12.1 Å². The number of amides is 1. The van der Waals surface area contributed by atoms with Crippen LogP contribution in [0.5, 0.6) is 5.75 Å².